The third-order valence-corrected chi connectivity index (χ3v) is 4.21. The Morgan fingerprint density at radius 1 is 1.40 bits per heavy atom. The Morgan fingerprint density at radius 2 is 2.15 bits per heavy atom. The number of hydrogen-bond acceptors (Lipinski definition) is 3. The largest absolute Gasteiger partial charge is 0.373 e. The van der Waals surface area contributed by atoms with E-state index in [0.29, 0.717) is 0 Å². The van der Waals surface area contributed by atoms with Crippen molar-refractivity contribution in [3.8, 4) is 0 Å². The maximum Gasteiger partial charge on any atom is 0.243 e. The van der Waals surface area contributed by atoms with Gasteiger partial charge in [-0.3, -0.25) is 4.79 Å². The molecule has 0 saturated carbocycles. The molecule has 0 aliphatic carbocycles. The minimum absolute atomic E-state index is 0.117. The van der Waals surface area contributed by atoms with Gasteiger partial charge in [0, 0.05) is 24.7 Å². The number of hydrogen-bond donors (Lipinski definition) is 2. The summed E-state index contributed by atoms with van der Waals surface area (Å²) in [5, 5.41) is 6.45. The molecule has 20 heavy (non-hydrogen) atoms. The van der Waals surface area contributed by atoms with Crippen molar-refractivity contribution in [1.82, 2.24) is 10.2 Å². The second kappa shape index (κ2) is 5.83. The van der Waals surface area contributed by atoms with E-state index in [0.717, 1.165) is 18.7 Å². The van der Waals surface area contributed by atoms with Gasteiger partial charge in [0.15, 0.2) is 0 Å². The van der Waals surface area contributed by atoms with Crippen LogP contribution in [0.5, 0.6) is 0 Å². The minimum Gasteiger partial charge on any atom is -0.373 e. The monoisotopic (exact) mass is 273 g/mol. The number of rotatable bonds is 4. The van der Waals surface area contributed by atoms with E-state index in [1.54, 1.807) is 0 Å². The summed E-state index contributed by atoms with van der Waals surface area (Å²) in [4.78, 5) is 14.7. The first kappa shape index (κ1) is 13.4. The molecule has 1 aromatic carbocycles. The van der Waals surface area contributed by atoms with Crippen molar-refractivity contribution in [3.05, 3.63) is 29.8 Å². The number of carbonyl (C=O) groups excluding carboxylic acids is 1. The Balaban J connectivity index is 1.50. The fourth-order valence-electron chi connectivity index (χ4n) is 3.20. The highest BCUT2D eigenvalue weighted by atomic mass is 16.2. The van der Waals surface area contributed by atoms with Crippen LogP contribution in [0, 0.1) is 0 Å². The van der Waals surface area contributed by atoms with Crippen molar-refractivity contribution >= 4 is 11.6 Å². The predicted octanol–water partition coefficient (Wildman–Crippen LogP) is 1.62. The average Bonchev–Trinajstić information content (AvgIpc) is 3.06. The van der Waals surface area contributed by atoms with Crippen LogP contribution in [0.4, 0.5) is 5.69 Å². The lowest BCUT2D eigenvalue weighted by Gasteiger charge is -2.22. The second-order valence-corrected chi connectivity index (χ2v) is 5.98. The average molecular weight is 273 g/mol. The molecule has 1 saturated heterocycles. The molecule has 0 radical (unpaired) electrons. The molecule has 0 aromatic heterocycles. The second-order valence-electron chi connectivity index (χ2n) is 5.98. The fraction of sp³-hybridized carbons (Fsp3) is 0.562. The number of likely N-dealkylation sites (tertiary alicyclic amines) is 1. The third kappa shape index (κ3) is 2.96. The summed E-state index contributed by atoms with van der Waals surface area (Å²) >= 11 is 0. The summed E-state index contributed by atoms with van der Waals surface area (Å²) in [6.45, 7) is 5.41. The maximum absolute atomic E-state index is 12.3. The van der Waals surface area contributed by atoms with Crippen molar-refractivity contribution in [1.29, 1.82) is 0 Å². The summed E-state index contributed by atoms with van der Waals surface area (Å²) in [7, 11) is 0. The SMILES string of the molecule is CC(CN1CCCC1)NC(=O)[C@@H]1Cc2ccccc2N1. The molecular weight excluding hydrogens is 250 g/mol. The van der Waals surface area contributed by atoms with E-state index in [9.17, 15) is 4.79 Å². The van der Waals surface area contributed by atoms with E-state index in [1.807, 2.05) is 18.2 Å². The van der Waals surface area contributed by atoms with Gasteiger partial charge in [-0.2, -0.15) is 0 Å². The van der Waals surface area contributed by atoms with Gasteiger partial charge in [0.25, 0.3) is 0 Å². The maximum atomic E-state index is 12.3. The van der Waals surface area contributed by atoms with Crippen LogP contribution in [-0.2, 0) is 11.2 Å². The van der Waals surface area contributed by atoms with Gasteiger partial charge in [-0.15, -0.1) is 0 Å². The number of nitrogens with one attached hydrogen (secondary N) is 2. The lowest BCUT2D eigenvalue weighted by molar-refractivity contribution is -0.122. The Kier molecular flexibility index (Phi) is 3.92. The van der Waals surface area contributed by atoms with Crippen LogP contribution in [0.3, 0.4) is 0 Å². The molecule has 4 heteroatoms. The van der Waals surface area contributed by atoms with E-state index >= 15 is 0 Å². The zero-order chi connectivity index (χ0) is 13.9. The molecule has 4 nitrogen and oxygen atoms in total. The van der Waals surface area contributed by atoms with Gasteiger partial charge in [0.05, 0.1) is 0 Å². The molecule has 0 bridgehead atoms. The zero-order valence-electron chi connectivity index (χ0n) is 12.1. The van der Waals surface area contributed by atoms with Crippen LogP contribution in [0.1, 0.15) is 25.3 Å². The van der Waals surface area contributed by atoms with Crippen molar-refractivity contribution in [3.63, 3.8) is 0 Å². The number of anilines is 1. The minimum atomic E-state index is -0.117. The summed E-state index contributed by atoms with van der Waals surface area (Å²) in [6, 6.07) is 8.25. The normalized spacial score (nSPS) is 23.1. The first-order chi connectivity index (χ1) is 9.72. The molecule has 1 unspecified atom stereocenters. The van der Waals surface area contributed by atoms with Crippen LogP contribution >= 0.6 is 0 Å². The van der Waals surface area contributed by atoms with Crippen LogP contribution in [0.2, 0.25) is 0 Å². The van der Waals surface area contributed by atoms with Gasteiger partial charge in [-0.1, -0.05) is 18.2 Å². The highest BCUT2D eigenvalue weighted by Gasteiger charge is 2.27. The van der Waals surface area contributed by atoms with E-state index in [-0.39, 0.29) is 18.0 Å². The molecule has 2 atom stereocenters. The van der Waals surface area contributed by atoms with E-state index < -0.39 is 0 Å². The van der Waals surface area contributed by atoms with Crippen molar-refractivity contribution < 1.29 is 4.79 Å². The van der Waals surface area contributed by atoms with E-state index in [4.69, 9.17) is 0 Å². The Labute approximate surface area is 120 Å². The number of amides is 1. The lowest BCUT2D eigenvalue weighted by Crippen LogP contribution is -2.46. The van der Waals surface area contributed by atoms with Crippen molar-refractivity contribution in [2.45, 2.75) is 38.3 Å². The number of nitrogens with zero attached hydrogens (tertiary/aromatic N) is 1. The summed E-state index contributed by atoms with van der Waals surface area (Å²) < 4.78 is 0. The summed E-state index contributed by atoms with van der Waals surface area (Å²) in [6.07, 6.45) is 3.37. The molecular formula is C16H23N3O. The van der Waals surface area contributed by atoms with Crippen LogP contribution in [0.25, 0.3) is 0 Å². The standard InChI is InChI=1S/C16H23N3O/c1-12(11-19-8-4-5-9-19)17-16(20)15-10-13-6-2-3-7-14(13)18-15/h2-3,6-7,12,15,18H,4-5,8-11H2,1H3,(H,17,20)/t12?,15-/m0/s1. The zero-order valence-corrected chi connectivity index (χ0v) is 12.1. The first-order valence-corrected chi connectivity index (χ1v) is 7.59. The number of fused-ring (bicyclic) bond motifs is 1. The molecule has 2 aliphatic rings. The molecule has 2 heterocycles. The van der Waals surface area contributed by atoms with Crippen LogP contribution < -0.4 is 10.6 Å². The van der Waals surface area contributed by atoms with E-state index in [1.165, 1.54) is 31.5 Å². The molecule has 1 amide bonds. The molecule has 0 spiro atoms. The topological polar surface area (TPSA) is 44.4 Å². The van der Waals surface area contributed by atoms with Gasteiger partial charge in [-0.25, -0.2) is 0 Å². The van der Waals surface area contributed by atoms with Crippen molar-refractivity contribution in [2.24, 2.45) is 0 Å². The number of para-hydroxylation sites is 1. The fourth-order valence-corrected chi connectivity index (χ4v) is 3.20. The number of carbonyl (C=O) groups is 1. The van der Waals surface area contributed by atoms with Gasteiger partial charge in [0.1, 0.15) is 6.04 Å². The van der Waals surface area contributed by atoms with Crippen molar-refractivity contribution in [2.75, 3.05) is 25.0 Å². The summed E-state index contributed by atoms with van der Waals surface area (Å²) in [5.41, 5.74) is 2.33. The molecule has 1 aromatic rings. The highest BCUT2D eigenvalue weighted by Crippen LogP contribution is 2.25. The Hall–Kier alpha value is -1.55. The molecule has 108 valence electrons. The number of benzene rings is 1. The first-order valence-electron chi connectivity index (χ1n) is 7.59. The van der Waals surface area contributed by atoms with Gasteiger partial charge in [-0.05, 0) is 44.5 Å². The van der Waals surface area contributed by atoms with Gasteiger partial charge < -0.3 is 15.5 Å². The third-order valence-electron chi connectivity index (χ3n) is 4.21. The predicted molar refractivity (Wildman–Crippen MR) is 80.8 cm³/mol. The van der Waals surface area contributed by atoms with E-state index in [2.05, 4.69) is 28.5 Å². The quantitative estimate of drug-likeness (QED) is 0.876. The lowest BCUT2D eigenvalue weighted by atomic mass is 10.1. The van der Waals surface area contributed by atoms with Crippen LogP contribution in [-0.4, -0.2) is 42.5 Å². The molecule has 2 aliphatic heterocycles. The smallest absolute Gasteiger partial charge is 0.243 e. The summed E-state index contributed by atoms with van der Waals surface area (Å²) in [5.74, 6) is 0.118. The molecule has 1 fully saturated rings. The Morgan fingerprint density at radius 3 is 2.90 bits per heavy atom. The Bertz CT molecular complexity index is 457. The molecule has 2 N–H and O–H groups in total. The highest BCUT2D eigenvalue weighted by molar-refractivity contribution is 5.87. The van der Waals surface area contributed by atoms with Crippen LogP contribution in [0.15, 0.2) is 24.3 Å². The molecule has 3 rings (SSSR count). The van der Waals surface area contributed by atoms with Gasteiger partial charge in [0.2, 0.25) is 5.91 Å². The van der Waals surface area contributed by atoms with Gasteiger partial charge >= 0.3 is 0 Å².